The van der Waals surface area contributed by atoms with Crippen LogP contribution in [-0.4, -0.2) is 61.6 Å². The molecule has 0 N–H and O–H groups in total. The lowest BCUT2D eigenvalue weighted by molar-refractivity contribution is -0.134. The SMILES string of the molecule is CC(C)CN1CCC(C(=O)N2CCC3(CCOC3)C2)C1. The molecule has 0 aliphatic carbocycles. The van der Waals surface area contributed by atoms with Gasteiger partial charge in [0, 0.05) is 38.2 Å². The fourth-order valence-corrected chi connectivity index (χ4v) is 4.07. The Morgan fingerprint density at radius 2 is 2.20 bits per heavy atom. The molecule has 0 aromatic heterocycles. The number of carbonyl (C=O) groups is 1. The van der Waals surface area contributed by atoms with E-state index in [1.54, 1.807) is 0 Å². The topological polar surface area (TPSA) is 32.8 Å². The second-order valence-corrected chi connectivity index (χ2v) is 7.45. The Labute approximate surface area is 122 Å². The molecule has 0 bridgehead atoms. The number of carbonyl (C=O) groups excluding carboxylic acids is 1. The Bertz CT molecular complexity index is 363. The molecule has 0 saturated carbocycles. The van der Waals surface area contributed by atoms with Crippen LogP contribution in [0.25, 0.3) is 0 Å². The summed E-state index contributed by atoms with van der Waals surface area (Å²) in [4.78, 5) is 17.3. The van der Waals surface area contributed by atoms with Gasteiger partial charge in [0.25, 0.3) is 0 Å². The maximum absolute atomic E-state index is 12.7. The summed E-state index contributed by atoms with van der Waals surface area (Å²) >= 11 is 0. The Hall–Kier alpha value is -0.610. The van der Waals surface area contributed by atoms with Crippen LogP contribution in [0.2, 0.25) is 0 Å². The summed E-state index contributed by atoms with van der Waals surface area (Å²) in [7, 11) is 0. The molecule has 0 aromatic rings. The Morgan fingerprint density at radius 1 is 1.35 bits per heavy atom. The second kappa shape index (κ2) is 5.64. The number of hydrogen-bond donors (Lipinski definition) is 0. The minimum absolute atomic E-state index is 0.242. The van der Waals surface area contributed by atoms with Crippen LogP contribution in [0.5, 0.6) is 0 Å². The fraction of sp³-hybridized carbons (Fsp3) is 0.938. The summed E-state index contributed by atoms with van der Waals surface area (Å²) in [6.45, 7) is 11.3. The van der Waals surface area contributed by atoms with E-state index in [-0.39, 0.29) is 5.92 Å². The van der Waals surface area contributed by atoms with E-state index in [2.05, 4.69) is 23.6 Å². The average Bonchev–Trinajstić information content (AvgIpc) is 3.11. The molecule has 3 saturated heterocycles. The summed E-state index contributed by atoms with van der Waals surface area (Å²) in [6.07, 6.45) is 3.33. The molecular formula is C16H28N2O2. The van der Waals surface area contributed by atoms with Gasteiger partial charge in [-0.15, -0.1) is 0 Å². The van der Waals surface area contributed by atoms with E-state index >= 15 is 0 Å². The van der Waals surface area contributed by atoms with Crippen LogP contribution < -0.4 is 0 Å². The van der Waals surface area contributed by atoms with Crippen molar-refractivity contribution in [2.24, 2.45) is 17.3 Å². The van der Waals surface area contributed by atoms with E-state index in [1.165, 1.54) is 0 Å². The van der Waals surface area contributed by atoms with Gasteiger partial charge in [0.15, 0.2) is 0 Å². The van der Waals surface area contributed by atoms with Crippen molar-refractivity contribution in [1.82, 2.24) is 9.80 Å². The zero-order chi connectivity index (χ0) is 14.2. The van der Waals surface area contributed by atoms with Gasteiger partial charge in [-0.3, -0.25) is 4.79 Å². The van der Waals surface area contributed by atoms with Gasteiger partial charge in [-0.25, -0.2) is 0 Å². The van der Waals surface area contributed by atoms with Crippen molar-refractivity contribution in [3.05, 3.63) is 0 Å². The molecule has 1 amide bonds. The predicted octanol–water partition coefficient (Wildman–Crippen LogP) is 1.60. The maximum Gasteiger partial charge on any atom is 0.227 e. The Kier molecular flexibility index (Phi) is 4.04. The third kappa shape index (κ3) is 2.86. The van der Waals surface area contributed by atoms with Crippen molar-refractivity contribution in [3.63, 3.8) is 0 Å². The second-order valence-electron chi connectivity index (χ2n) is 7.45. The average molecular weight is 280 g/mol. The summed E-state index contributed by atoms with van der Waals surface area (Å²) in [6, 6.07) is 0. The standard InChI is InChI=1S/C16H28N2O2/c1-13(2)9-17-6-3-14(10-17)15(19)18-7-4-16(11-18)5-8-20-12-16/h13-14H,3-12H2,1-2H3. The molecule has 3 aliphatic rings. The van der Waals surface area contributed by atoms with Crippen molar-refractivity contribution in [2.45, 2.75) is 33.1 Å². The van der Waals surface area contributed by atoms with Gasteiger partial charge in [-0.05, 0) is 31.7 Å². The number of ether oxygens (including phenoxy) is 1. The van der Waals surface area contributed by atoms with Crippen LogP contribution in [0.1, 0.15) is 33.1 Å². The van der Waals surface area contributed by atoms with E-state index in [4.69, 9.17) is 4.74 Å². The van der Waals surface area contributed by atoms with Gasteiger partial charge in [-0.2, -0.15) is 0 Å². The van der Waals surface area contributed by atoms with Crippen molar-refractivity contribution in [1.29, 1.82) is 0 Å². The third-order valence-corrected chi connectivity index (χ3v) is 5.18. The maximum atomic E-state index is 12.7. The van der Waals surface area contributed by atoms with Crippen molar-refractivity contribution in [2.75, 3.05) is 45.9 Å². The first-order valence-electron chi connectivity index (χ1n) is 8.17. The van der Waals surface area contributed by atoms with Gasteiger partial charge in [0.2, 0.25) is 5.91 Å². The number of nitrogens with zero attached hydrogens (tertiary/aromatic N) is 2. The minimum atomic E-state index is 0.242. The normalized spacial score (nSPS) is 34.8. The van der Waals surface area contributed by atoms with Crippen LogP contribution in [0.4, 0.5) is 0 Å². The third-order valence-electron chi connectivity index (χ3n) is 5.18. The van der Waals surface area contributed by atoms with E-state index in [1.807, 2.05) is 0 Å². The molecule has 3 aliphatic heterocycles. The van der Waals surface area contributed by atoms with Crippen molar-refractivity contribution < 1.29 is 9.53 Å². The highest BCUT2D eigenvalue weighted by Gasteiger charge is 2.44. The van der Waals surface area contributed by atoms with Crippen LogP contribution in [-0.2, 0) is 9.53 Å². The minimum Gasteiger partial charge on any atom is -0.381 e. The molecule has 3 fully saturated rings. The Balaban J connectivity index is 1.52. The lowest BCUT2D eigenvalue weighted by Crippen LogP contribution is -2.38. The largest absolute Gasteiger partial charge is 0.381 e. The first kappa shape index (κ1) is 14.3. The molecule has 4 heteroatoms. The molecule has 20 heavy (non-hydrogen) atoms. The molecule has 1 spiro atoms. The van der Waals surface area contributed by atoms with Gasteiger partial charge in [0.1, 0.15) is 0 Å². The van der Waals surface area contributed by atoms with Gasteiger partial charge >= 0.3 is 0 Å². The molecular weight excluding hydrogens is 252 g/mol. The van der Waals surface area contributed by atoms with Crippen molar-refractivity contribution in [3.8, 4) is 0 Å². The zero-order valence-electron chi connectivity index (χ0n) is 12.9. The molecule has 4 nitrogen and oxygen atoms in total. The number of likely N-dealkylation sites (tertiary alicyclic amines) is 2. The van der Waals surface area contributed by atoms with Crippen LogP contribution in [0.3, 0.4) is 0 Å². The van der Waals surface area contributed by atoms with Crippen LogP contribution >= 0.6 is 0 Å². The smallest absolute Gasteiger partial charge is 0.227 e. The van der Waals surface area contributed by atoms with E-state index < -0.39 is 0 Å². The number of rotatable bonds is 3. The monoisotopic (exact) mass is 280 g/mol. The number of hydrogen-bond acceptors (Lipinski definition) is 3. The first-order valence-corrected chi connectivity index (χ1v) is 8.17. The molecule has 0 radical (unpaired) electrons. The number of amides is 1. The summed E-state index contributed by atoms with van der Waals surface area (Å²) in [5, 5.41) is 0. The molecule has 3 heterocycles. The van der Waals surface area contributed by atoms with E-state index in [0.717, 1.165) is 65.2 Å². The highest BCUT2D eigenvalue weighted by molar-refractivity contribution is 5.79. The van der Waals surface area contributed by atoms with Gasteiger partial charge in [0.05, 0.1) is 12.5 Å². The van der Waals surface area contributed by atoms with Gasteiger partial charge in [-0.1, -0.05) is 13.8 Å². The fourth-order valence-electron chi connectivity index (χ4n) is 4.07. The quantitative estimate of drug-likeness (QED) is 0.787. The summed E-state index contributed by atoms with van der Waals surface area (Å²) in [5.74, 6) is 1.33. The molecule has 0 aromatic carbocycles. The van der Waals surface area contributed by atoms with E-state index in [9.17, 15) is 4.79 Å². The van der Waals surface area contributed by atoms with Crippen LogP contribution in [0, 0.1) is 17.3 Å². The first-order chi connectivity index (χ1) is 9.58. The Morgan fingerprint density at radius 3 is 2.90 bits per heavy atom. The zero-order valence-corrected chi connectivity index (χ0v) is 12.9. The lowest BCUT2D eigenvalue weighted by atomic mass is 9.87. The van der Waals surface area contributed by atoms with Gasteiger partial charge < -0.3 is 14.5 Å². The molecule has 2 unspecified atom stereocenters. The highest BCUT2D eigenvalue weighted by atomic mass is 16.5. The molecule has 2 atom stereocenters. The summed E-state index contributed by atoms with van der Waals surface area (Å²) < 4.78 is 5.55. The van der Waals surface area contributed by atoms with E-state index in [0.29, 0.717) is 17.2 Å². The summed E-state index contributed by atoms with van der Waals surface area (Å²) in [5.41, 5.74) is 0.298. The van der Waals surface area contributed by atoms with Crippen molar-refractivity contribution >= 4 is 5.91 Å². The molecule has 3 rings (SSSR count). The highest BCUT2D eigenvalue weighted by Crippen LogP contribution is 2.39. The lowest BCUT2D eigenvalue weighted by Gasteiger charge is -2.24. The predicted molar refractivity (Wildman–Crippen MR) is 78.5 cm³/mol. The van der Waals surface area contributed by atoms with Crippen LogP contribution in [0.15, 0.2) is 0 Å². The molecule has 114 valence electrons.